The van der Waals surface area contributed by atoms with E-state index in [4.69, 9.17) is 0 Å². The van der Waals surface area contributed by atoms with Crippen molar-refractivity contribution in [1.29, 1.82) is 0 Å². The van der Waals surface area contributed by atoms with Gasteiger partial charge in [0, 0.05) is 39.1 Å². The summed E-state index contributed by atoms with van der Waals surface area (Å²) in [6.45, 7) is 4.79. The minimum absolute atomic E-state index is 0. The Morgan fingerprint density at radius 3 is 2.75 bits per heavy atom. The van der Waals surface area contributed by atoms with E-state index in [1.165, 1.54) is 0 Å². The van der Waals surface area contributed by atoms with Gasteiger partial charge in [0.25, 0.3) is 0 Å². The molecule has 2 atom stereocenters. The Bertz CT molecular complexity index is 749. The maximum atomic E-state index is 12.2. The third kappa shape index (κ3) is 5.95. The van der Waals surface area contributed by atoms with Crippen molar-refractivity contribution in [1.82, 2.24) is 25.1 Å². The van der Waals surface area contributed by atoms with Gasteiger partial charge in [-0.1, -0.05) is 37.3 Å². The fourth-order valence-electron chi connectivity index (χ4n) is 3.45. The zero-order chi connectivity index (χ0) is 19.1. The molecule has 1 aromatic heterocycles. The van der Waals surface area contributed by atoms with E-state index in [2.05, 4.69) is 37.0 Å². The van der Waals surface area contributed by atoms with Crippen molar-refractivity contribution in [2.75, 3.05) is 26.7 Å². The second kappa shape index (κ2) is 11.0. The van der Waals surface area contributed by atoms with E-state index in [0.717, 1.165) is 31.0 Å². The summed E-state index contributed by atoms with van der Waals surface area (Å²) in [6.07, 6.45) is 6.77. The molecule has 1 fully saturated rings. The lowest BCUT2D eigenvalue weighted by molar-refractivity contribution is -0.120. The molecule has 152 valence electrons. The van der Waals surface area contributed by atoms with Gasteiger partial charge in [-0.3, -0.25) is 9.79 Å². The number of imidazole rings is 1. The molecule has 1 amide bonds. The smallest absolute Gasteiger partial charge is 0.239 e. The van der Waals surface area contributed by atoms with Crippen LogP contribution in [0.2, 0.25) is 0 Å². The highest BCUT2D eigenvalue weighted by atomic mass is 127. The van der Waals surface area contributed by atoms with E-state index in [9.17, 15) is 4.79 Å². The predicted molar refractivity (Wildman–Crippen MR) is 122 cm³/mol. The molecule has 0 saturated carbocycles. The Balaban J connectivity index is 0.00000280. The molecule has 2 heterocycles. The Hall–Kier alpha value is -2.10. The van der Waals surface area contributed by atoms with Gasteiger partial charge in [0.2, 0.25) is 5.91 Å². The fourth-order valence-corrected chi connectivity index (χ4v) is 3.45. The quantitative estimate of drug-likeness (QED) is 0.379. The molecular weight excluding hydrogens is 467 g/mol. The molecule has 1 aromatic carbocycles. The Labute approximate surface area is 183 Å². The van der Waals surface area contributed by atoms with Gasteiger partial charge in [0.1, 0.15) is 0 Å². The Morgan fingerprint density at radius 1 is 1.29 bits per heavy atom. The average Bonchev–Trinajstić information content (AvgIpc) is 3.23. The molecule has 0 bridgehead atoms. The van der Waals surface area contributed by atoms with Crippen molar-refractivity contribution < 1.29 is 4.79 Å². The number of nitrogens with one attached hydrogen (secondary N) is 2. The number of carbonyl (C=O) groups excluding carboxylic acids is 1. The molecule has 1 aliphatic rings. The number of nitrogens with zero attached hydrogens (tertiary/aromatic N) is 4. The molecule has 1 aliphatic heterocycles. The predicted octanol–water partition coefficient (Wildman–Crippen LogP) is 2.28. The molecule has 7 nitrogen and oxygen atoms in total. The summed E-state index contributed by atoms with van der Waals surface area (Å²) in [5, 5.41) is 6.13. The summed E-state index contributed by atoms with van der Waals surface area (Å²) in [6, 6.07) is 10.3. The molecule has 0 aliphatic carbocycles. The maximum Gasteiger partial charge on any atom is 0.239 e. The lowest BCUT2D eigenvalue weighted by atomic mass is 9.93. The molecule has 0 radical (unpaired) electrons. The van der Waals surface area contributed by atoms with Crippen LogP contribution in [0.3, 0.4) is 0 Å². The van der Waals surface area contributed by atoms with E-state index >= 15 is 0 Å². The van der Waals surface area contributed by atoms with E-state index < -0.39 is 0 Å². The summed E-state index contributed by atoms with van der Waals surface area (Å²) in [5.41, 5.74) is 1.09. The number of halogens is 1. The van der Waals surface area contributed by atoms with Crippen LogP contribution >= 0.6 is 24.0 Å². The lowest BCUT2D eigenvalue weighted by Crippen LogP contribution is -2.50. The van der Waals surface area contributed by atoms with Gasteiger partial charge in [0.05, 0.1) is 18.9 Å². The van der Waals surface area contributed by atoms with Crippen LogP contribution in [0.1, 0.15) is 24.9 Å². The lowest BCUT2D eigenvalue weighted by Gasteiger charge is -2.39. The van der Waals surface area contributed by atoms with Gasteiger partial charge in [-0.25, -0.2) is 4.98 Å². The second-order valence-corrected chi connectivity index (χ2v) is 6.95. The third-order valence-electron chi connectivity index (χ3n) is 5.08. The van der Waals surface area contributed by atoms with Gasteiger partial charge in [0.15, 0.2) is 5.96 Å². The number of aromatic nitrogens is 2. The van der Waals surface area contributed by atoms with Crippen LogP contribution in [0.5, 0.6) is 0 Å². The van der Waals surface area contributed by atoms with Crippen molar-refractivity contribution >= 4 is 35.8 Å². The van der Waals surface area contributed by atoms with Crippen LogP contribution in [0.25, 0.3) is 0 Å². The summed E-state index contributed by atoms with van der Waals surface area (Å²) in [5.74, 6) is 1.29. The van der Waals surface area contributed by atoms with Crippen LogP contribution in [-0.2, 0) is 11.3 Å². The number of piperidine rings is 1. The number of rotatable bonds is 5. The Morgan fingerprint density at radius 2 is 2.07 bits per heavy atom. The van der Waals surface area contributed by atoms with Crippen molar-refractivity contribution in [2.45, 2.75) is 25.9 Å². The molecule has 28 heavy (non-hydrogen) atoms. The van der Waals surface area contributed by atoms with E-state index in [-0.39, 0.29) is 36.4 Å². The van der Waals surface area contributed by atoms with Crippen LogP contribution in [0, 0.1) is 5.92 Å². The molecule has 8 heteroatoms. The third-order valence-corrected chi connectivity index (χ3v) is 5.08. The van der Waals surface area contributed by atoms with Crippen molar-refractivity contribution in [3.8, 4) is 0 Å². The average molecular weight is 496 g/mol. The molecule has 2 N–H and O–H groups in total. The first-order valence-corrected chi connectivity index (χ1v) is 9.41. The van der Waals surface area contributed by atoms with E-state index in [1.807, 2.05) is 49.1 Å². The minimum atomic E-state index is -0.0449. The van der Waals surface area contributed by atoms with Crippen LogP contribution in [0.15, 0.2) is 54.0 Å². The number of likely N-dealkylation sites (tertiary alicyclic amines) is 1. The number of aliphatic imine (C=N–C) groups is 1. The van der Waals surface area contributed by atoms with Gasteiger partial charge in [-0.05, 0) is 17.9 Å². The number of hydrogen-bond acceptors (Lipinski definition) is 3. The van der Waals surface area contributed by atoms with Gasteiger partial charge in [-0.15, -0.1) is 24.0 Å². The first-order valence-electron chi connectivity index (χ1n) is 9.41. The highest BCUT2D eigenvalue weighted by Crippen LogP contribution is 2.27. The molecule has 2 aromatic rings. The van der Waals surface area contributed by atoms with Crippen molar-refractivity contribution in [2.24, 2.45) is 10.9 Å². The van der Waals surface area contributed by atoms with Crippen molar-refractivity contribution in [3.63, 3.8) is 0 Å². The molecule has 2 unspecified atom stereocenters. The first kappa shape index (κ1) is 22.2. The number of carbonyl (C=O) groups is 1. The topological polar surface area (TPSA) is 74.6 Å². The number of benzene rings is 1. The van der Waals surface area contributed by atoms with Crippen LogP contribution in [-0.4, -0.2) is 53.0 Å². The van der Waals surface area contributed by atoms with E-state index in [0.29, 0.717) is 18.5 Å². The van der Waals surface area contributed by atoms with Gasteiger partial charge < -0.3 is 20.1 Å². The number of guanidine groups is 1. The SMILES string of the molecule is CN=C(NCC(=O)NCc1ccccc1)N1CCC(C)C(n2ccnc2)C1.I. The zero-order valence-electron chi connectivity index (χ0n) is 16.4. The highest BCUT2D eigenvalue weighted by molar-refractivity contribution is 14.0. The zero-order valence-corrected chi connectivity index (χ0v) is 18.7. The van der Waals surface area contributed by atoms with Crippen molar-refractivity contribution in [3.05, 3.63) is 54.6 Å². The first-order chi connectivity index (χ1) is 13.2. The largest absolute Gasteiger partial charge is 0.350 e. The maximum absolute atomic E-state index is 12.2. The number of amides is 1. The monoisotopic (exact) mass is 496 g/mol. The fraction of sp³-hybridized carbons (Fsp3) is 0.450. The molecule has 1 saturated heterocycles. The van der Waals surface area contributed by atoms with Crippen LogP contribution < -0.4 is 10.6 Å². The molecule has 0 spiro atoms. The standard InChI is InChI=1S/C20H28N6O.HI/c1-16-8-10-25(14-18(16)26-11-9-22-15-26)20(21-2)24-13-19(27)23-12-17-6-4-3-5-7-17;/h3-7,9,11,15-16,18H,8,10,12-14H2,1-2H3,(H,21,24)(H,23,27);1H. The highest BCUT2D eigenvalue weighted by Gasteiger charge is 2.28. The molecular formula is C20H29IN6O. The van der Waals surface area contributed by atoms with Crippen LogP contribution in [0.4, 0.5) is 0 Å². The van der Waals surface area contributed by atoms with Gasteiger partial charge in [-0.2, -0.15) is 0 Å². The summed E-state index contributed by atoms with van der Waals surface area (Å²) in [7, 11) is 1.76. The van der Waals surface area contributed by atoms with Gasteiger partial charge >= 0.3 is 0 Å². The van der Waals surface area contributed by atoms with E-state index in [1.54, 1.807) is 7.05 Å². The summed E-state index contributed by atoms with van der Waals surface area (Å²) in [4.78, 5) is 22.9. The summed E-state index contributed by atoms with van der Waals surface area (Å²) >= 11 is 0. The summed E-state index contributed by atoms with van der Waals surface area (Å²) < 4.78 is 2.16. The molecule has 3 rings (SSSR count). The number of hydrogen-bond donors (Lipinski definition) is 2. The minimum Gasteiger partial charge on any atom is -0.350 e. The second-order valence-electron chi connectivity index (χ2n) is 6.95. The normalized spacial score (nSPS) is 19.6. The Kier molecular flexibility index (Phi) is 8.75.